The second-order valence-electron chi connectivity index (χ2n) is 9.18. The lowest BCUT2D eigenvalue weighted by atomic mass is 10.0. The predicted octanol–water partition coefficient (Wildman–Crippen LogP) is 7.45. The normalized spacial score (nSPS) is 10.9. The molecule has 1 N–H and O–H groups in total. The van der Waals surface area contributed by atoms with Gasteiger partial charge in [-0.25, -0.2) is 10.2 Å². The summed E-state index contributed by atoms with van der Waals surface area (Å²) in [6.07, 6.45) is 1.48. The molecule has 0 unspecified atom stereocenters. The summed E-state index contributed by atoms with van der Waals surface area (Å²) >= 11 is 5.92. The number of carbonyl (C=O) groups excluding carboxylic acids is 2. The van der Waals surface area contributed by atoms with E-state index in [0.29, 0.717) is 52.2 Å². The van der Waals surface area contributed by atoms with Crippen LogP contribution in [0.5, 0.6) is 17.2 Å². The molecule has 0 fully saturated rings. The lowest BCUT2D eigenvalue weighted by Crippen LogP contribution is -2.17. The number of halogens is 1. The van der Waals surface area contributed by atoms with Crippen molar-refractivity contribution in [2.75, 3.05) is 6.61 Å². The fraction of sp³-hybridized carbons (Fsp3) is 0.0882. The van der Waals surface area contributed by atoms with Gasteiger partial charge in [0.2, 0.25) is 0 Å². The molecule has 7 nitrogen and oxygen atoms in total. The van der Waals surface area contributed by atoms with Crippen molar-refractivity contribution in [3.63, 3.8) is 0 Å². The number of amides is 1. The minimum Gasteiger partial charge on any atom is -0.494 e. The number of hydrogen-bond acceptors (Lipinski definition) is 6. The van der Waals surface area contributed by atoms with E-state index >= 15 is 0 Å². The number of ether oxygens (including phenoxy) is 3. The predicted molar refractivity (Wildman–Crippen MR) is 164 cm³/mol. The number of benzene rings is 5. The second kappa shape index (κ2) is 13.5. The smallest absolute Gasteiger partial charge is 0.343 e. The number of esters is 1. The maximum absolute atomic E-state index is 12.9. The van der Waals surface area contributed by atoms with Gasteiger partial charge in [0, 0.05) is 16.1 Å². The molecule has 0 radical (unpaired) electrons. The Morgan fingerprint density at radius 3 is 2.17 bits per heavy atom. The Balaban J connectivity index is 1.27. The number of nitrogens with zero attached hydrogens (tertiary/aromatic N) is 1. The van der Waals surface area contributed by atoms with Crippen molar-refractivity contribution in [1.82, 2.24) is 5.43 Å². The molecule has 8 heteroatoms. The molecule has 5 aromatic rings. The molecule has 1 amide bonds. The highest BCUT2D eigenvalue weighted by atomic mass is 35.5. The Morgan fingerprint density at radius 2 is 1.45 bits per heavy atom. The van der Waals surface area contributed by atoms with Gasteiger partial charge in [0.05, 0.1) is 18.4 Å². The molecular weight excluding hydrogens is 552 g/mol. The lowest BCUT2D eigenvalue weighted by Gasteiger charge is -2.11. The van der Waals surface area contributed by atoms with Crippen molar-refractivity contribution in [3.8, 4) is 17.2 Å². The minimum absolute atomic E-state index is 0.313. The van der Waals surface area contributed by atoms with Crippen LogP contribution in [-0.2, 0) is 6.61 Å². The van der Waals surface area contributed by atoms with Crippen molar-refractivity contribution in [1.29, 1.82) is 0 Å². The van der Waals surface area contributed by atoms with E-state index < -0.39 is 11.9 Å². The summed E-state index contributed by atoms with van der Waals surface area (Å²) in [6, 6.07) is 32.1. The molecule has 0 saturated heterocycles. The van der Waals surface area contributed by atoms with Gasteiger partial charge in [0.25, 0.3) is 5.91 Å². The molecule has 0 aromatic heterocycles. The third kappa shape index (κ3) is 7.13. The van der Waals surface area contributed by atoms with Gasteiger partial charge in [-0.05, 0) is 90.0 Å². The highest BCUT2D eigenvalue weighted by molar-refractivity contribution is 6.30. The van der Waals surface area contributed by atoms with E-state index in [2.05, 4.69) is 10.5 Å². The molecule has 0 spiro atoms. The summed E-state index contributed by atoms with van der Waals surface area (Å²) < 4.78 is 17.0. The standard InChI is InChI=1S/C34H27ClN2O5/c1-2-40-28-18-11-26(12-19-28)34(39)42-32-20-13-24-5-3-4-6-30(24)31(32)21-36-37-33(38)25-9-16-29(17-10-25)41-22-23-7-14-27(35)15-8-23/h3-21H,2,22H2,1H3,(H,37,38)/b36-21-. The average molecular weight is 579 g/mol. The fourth-order valence-corrected chi connectivity index (χ4v) is 4.31. The molecule has 0 aliphatic carbocycles. The van der Waals surface area contributed by atoms with Crippen LogP contribution in [-0.4, -0.2) is 24.7 Å². The average Bonchev–Trinajstić information content (AvgIpc) is 3.02. The molecule has 0 aliphatic heterocycles. The molecule has 0 saturated carbocycles. The number of carbonyl (C=O) groups is 2. The van der Waals surface area contributed by atoms with Crippen LogP contribution >= 0.6 is 11.6 Å². The van der Waals surface area contributed by atoms with Crippen LogP contribution in [0.4, 0.5) is 0 Å². The summed E-state index contributed by atoms with van der Waals surface area (Å²) in [5.41, 5.74) is 4.87. The molecule has 0 aliphatic rings. The van der Waals surface area contributed by atoms with Crippen LogP contribution in [0.3, 0.4) is 0 Å². The first-order valence-electron chi connectivity index (χ1n) is 13.3. The van der Waals surface area contributed by atoms with Crippen molar-refractivity contribution >= 4 is 40.5 Å². The zero-order valence-corrected chi connectivity index (χ0v) is 23.5. The maximum atomic E-state index is 12.9. The monoisotopic (exact) mass is 578 g/mol. The molecule has 5 aromatic carbocycles. The fourth-order valence-electron chi connectivity index (χ4n) is 4.18. The number of rotatable bonds is 10. The first-order chi connectivity index (χ1) is 20.5. The van der Waals surface area contributed by atoms with Crippen LogP contribution in [0.2, 0.25) is 5.02 Å². The number of hydrazone groups is 1. The summed E-state index contributed by atoms with van der Waals surface area (Å²) in [7, 11) is 0. The molecular formula is C34H27ClN2O5. The third-order valence-corrected chi connectivity index (χ3v) is 6.58. The third-order valence-electron chi connectivity index (χ3n) is 6.33. The van der Waals surface area contributed by atoms with Crippen molar-refractivity contribution < 1.29 is 23.8 Å². The summed E-state index contributed by atoms with van der Waals surface area (Å²) in [5, 5.41) is 6.58. The van der Waals surface area contributed by atoms with Crippen molar-refractivity contribution in [2.24, 2.45) is 5.10 Å². The first kappa shape index (κ1) is 28.4. The van der Waals surface area contributed by atoms with Crippen molar-refractivity contribution in [2.45, 2.75) is 13.5 Å². The van der Waals surface area contributed by atoms with Gasteiger partial charge >= 0.3 is 5.97 Å². The number of hydrogen-bond donors (Lipinski definition) is 1. The SMILES string of the molecule is CCOc1ccc(C(=O)Oc2ccc3ccccc3c2/C=N\NC(=O)c2ccc(OCc3ccc(Cl)cc3)cc2)cc1. The van der Waals surface area contributed by atoms with Crippen LogP contribution in [0.1, 0.15) is 38.8 Å². The van der Waals surface area contributed by atoms with E-state index in [0.717, 1.165) is 16.3 Å². The molecule has 42 heavy (non-hydrogen) atoms. The quantitative estimate of drug-likeness (QED) is 0.0804. The Kier molecular flexibility index (Phi) is 9.11. The van der Waals surface area contributed by atoms with E-state index in [4.69, 9.17) is 25.8 Å². The van der Waals surface area contributed by atoms with Gasteiger partial charge in [0.15, 0.2) is 0 Å². The largest absolute Gasteiger partial charge is 0.494 e. The molecule has 0 bridgehead atoms. The van der Waals surface area contributed by atoms with Gasteiger partial charge in [-0.2, -0.15) is 5.10 Å². The van der Waals surface area contributed by atoms with E-state index in [-0.39, 0.29) is 0 Å². The molecule has 5 rings (SSSR count). The van der Waals surface area contributed by atoms with E-state index in [9.17, 15) is 9.59 Å². The molecule has 0 heterocycles. The van der Waals surface area contributed by atoms with Crippen LogP contribution in [0.25, 0.3) is 10.8 Å². The highest BCUT2D eigenvalue weighted by Gasteiger charge is 2.14. The van der Waals surface area contributed by atoms with Gasteiger partial charge in [0.1, 0.15) is 23.9 Å². The summed E-state index contributed by atoms with van der Waals surface area (Å²) in [5.74, 6) is 0.685. The maximum Gasteiger partial charge on any atom is 0.343 e. The van der Waals surface area contributed by atoms with E-state index in [1.807, 2.05) is 49.4 Å². The summed E-state index contributed by atoms with van der Waals surface area (Å²) in [6.45, 7) is 2.80. The lowest BCUT2D eigenvalue weighted by molar-refractivity contribution is 0.0734. The zero-order chi connectivity index (χ0) is 29.3. The van der Waals surface area contributed by atoms with Crippen LogP contribution in [0.15, 0.2) is 114 Å². The Hall–Kier alpha value is -5.14. The van der Waals surface area contributed by atoms with Gasteiger partial charge in [-0.1, -0.05) is 54.1 Å². The van der Waals surface area contributed by atoms with Crippen LogP contribution in [0, 0.1) is 0 Å². The van der Waals surface area contributed by atoms with Crippen molar-refractivity contribution in [3.05, 3.63) is 136 Å². The van der Waals surface area contributed by atoms with Gasteiger partial charge in [-0.15, -0.1) is 0 Å². The number of nitrogens with one attached hydrogen (secondary N) is 1. The Morgan fingerprint density at radius 1 is 0.786 bits per heavy atom. The first-order valence-corrected chi connectivity index (χ1v) is 13.7. The number of fused-ring (bicyclic) bond motifs is 1. The van der Waals surface area contributed by atoms with Gasteiger partial charge in [-0.3, -0.25) is 4.79 Å². The summed E-state index contributed by atoms with van der Waals surface area (Å²) in [4.78, 5) is 25.7. The zero-order valence-electron chi connectivity index (χ0n) is 22.8. The molecule has 0 atom stereocenters. The Bertz CT molecular complexity index is 1720. The van der Waals surface area contributed by atoms with E-state index in [1.165, 1.54) is 6.21 Å². The minimum atomic E-state index is -0.523. The van der Waals surface area contributed by atoms with Crippen LogP contribution < -0.4 is 19.6 Å². The highest BCUT2D eigenvalue weighted by Crippen LogP contribution is 2.28. The van der Waals surface area contributed by atoms with Gasteiger partial charge < -0.3 is 14.2 Å². The Labute approximate surface area is 248 Å². The van der Waals surface area contributed by atoms with E-state index in [1.54, 1.807) is 66.7 Å². The topological polar surface area (TPSA) is 86.2 Å². The molecule has 210 valence electrons. The second-order valence-corrected chi connectivity index (χ2v) is 9.62.